The van der Waals surface area contributed by atoms with Gasteiger partial charge >= 0.3 is 5.97 Å². The number of thiazole rings is 1. The van der Waals surface area contributed by atoms with Gasteiger partial charge in [-0.25, -0.2) is 4.98 Å². The van der Waals surface area contributed by atoms with E-state index in [1.807, 2.05) is 31.2 Å². The molecule has 1 atom stereocenters. The van der Waals surface area contributed by atoms with Crippen LogP contribution in [0.2, 0.25) is 0 Å². The van der Waals surface area contributed by atoms with Crippen molar-refractivity contribution in [3.63, 3.8) is 0 Å². The Hall–Kier alpha value is -3.79. The fourth-order valence-corrected chi connectivity index (χ4v) is 4.36. The second-order valence-corrected chi connectivity index (χ2v) is 8.79. The van der Waals surface area contributed by atoms with E-state index in [2.05, 4.69) is 10.3 Å². The molecule has 3 rings (SSSR count). The smallest absolute Gasteiger partial charge is 0.308 e. The molecule has 0 fully saturated rings. The van der Waals surface area contributed by atoms with Crippen LogP contribution >= 0.6 is 11.3 Å². The summed E-state index contributed by atoms with van der Waals surface area (Å²) in [6.07, 6.45) is -0.639. The maximum atomic E-state index is 12.9. The number of nitrogens with zero attached hydrogens (tertiary/aromatic N) is 2. The third kappa shape index (κ3) is 7.10. The second-order valence-electron chi connectivity index (χ2n) is 7.93. The number of nitro benzene ring substituents is 1. The number of rotatable bonds is 11. The number of hydrogen-bond donors (Lipinski definition) is 1. The molecule has 1 unspecified atom stereocenters. The Balaban J connectivity index is 1.79. The molecule has 0 aliphatic carbocycles. The van der Waals surface area contributed by atoms with Crippen LogP contribution in [0.4, 0.5) is 5.69 Å². The van der Waals surface area contributed by atoms with Crippen LogP contribution in [0.25, 0.3) is 10.6 Å². The lowest BCUT2D eigenvalue weighted by Gasteiger charge is -2.19. The molecule has 0 bridgehead atoms. The molecule has 10 heteroatoms. The highest BCUT2D eigenvalue weighted by Crippen LogP contribution is 2.32. The standard InChI is InChI=1S/C25H27N3O6S/c1-4-33-22-12-8-6-10-19(22)25-26-17(15-35-25)13-23(29)27-20(14-24(30)34-16(2)3)18-9-5-7-11-21(18)28(31)32/h5-12,15-16,20H,4,13-14H2,1-3H3,(H,27,29). The number of para-hydroxylation sites is 2. The predicted molar refractivity (Wildman–Crippen MR) is 132 cm³/mol. The van der Waals surface area contributed by atoms with Crippen molar-refractivity contribution in [3.8, 4) is 16.3 Å². The Kier molecular flexibility index (Phi) is 8.91. The van der Waals surface area contributed by atoms with Crippen molar-refractivity contribution < 1.29 is 24.0 Å². The largest absolute Gasteiger partial charge is 0.493 e. The highest BCUT2D eigenvalue weighted by Gasteiger charge is 2.27. The number of nitro groups is 1. The van der Waals surface area contributed by atoms with E-state index in [1.54, 1.807) is 25.3 Å². The van der Waals surface area contributed by atoms with E-state index in [0.717, 1.165) is 5.56 Å². The van der Waals surface area contributed by atoms with Gasteiger partial charge in [-0.2, -0.15) is 0 Å². The summed E-state index contributed by atoms with van der Waals surface area (Å²) in [6.45, 7) is 5.84. The van der Waals surface area contributed by atoms with Crippen molar-refractivity contribution >= 4 is 28.9 Å². The summed E-state index contributed by atoms with van der Waals surface area (Å²) in [4.78, 5) is 40.8. The number of carbonyl (C=O) groups excluding carboxylic acids is 2. The zero-order chi connectivity index (χ0) is 25.4. The first-order valence-corrected chi connectivity index (χ1v) is 12.0. The first-order chi connectivity index (χ1) is 16.8. The summed E-state index contributed by atoms with van der Waals surface area (Å²) in [6, 6.07) is 12.6. The zero-order valence-corrected chi connectivity index (χ0v) is 20.5. The van der Waals surface area contributed by atoms with Gasteiger partial charge in [-0.3, -0.25) is 19.7 Å². The summed E-state index contributed by atoms with van der Waals surface area (Å²) in [7, 11) is 0. The van der Waals surface area contributed by atoms with E-state index >= 15 is 0 Å². The molecule has 1 N–H and O–H groups in total. The second kappa shape index (κ2) is 12.1. The minimum atomic E-state index is -0.924. The van der Waals surface area contributed by atoms with Crippen LogP contribution in [-0.2, 0) is 20.7 Å². The Labute approximate surface area is 207 Å². The van der Waals surface area contributed by atoms with E-state index in [1.165, 1.54) is 29.5 Å². The Morgan fingerprint density at radius 2 is 1.86 bits per heavy atom. The van der Waals surface area contributed by atoms with Crippen molar-refractivity contribution in [1.29, 1.82) is 0 Å². The normalized spacial score (nSPS) is 11.7. The molecule has 0 saturated heterocycles. The lowest BCUT2D eigenvalue weighted by atomic mass is 10.0. The molecule has 0 spiro atoms. The van der Waals surface area contributed by atoms with Crippen molar-refractivity contribution in [2.75, 3.05) is 6.61 Å². The number of nitrogens with one attached hydrogen (secondary N) is 1. The van der Waals surface area contributed by atoms with Crippen molar-refractivity contribution in [1.82, 2.24) is 10.3 Å². The van der Waals surface area contributed by atoms with Crippen molar-refractivity contribution in [3.05, 3.63) is 75.3 Å². The van der Waals surface area contributed by atoms with Crippen LogP contribution in [0, 0.1) is 10.1 Å². The average molecular weight is 498 g/mol. The quantitative estimate of drug-likeness (QED) is 0.228. The molecule has 9 nitrogen and oxygen atoms in total. The number of carbonyl (C=O) groups is 2. The highest BCUT2D eigenvalue weighted by atomic mass is 32.1. The van der Waals surface area contributed by atoms with Gasteiger partial charge in [0, 0.05) is 11.4 Å². The number of esters is 1. The number of aromatic nitrogens is 1. The Morgan fingerprint density at radius 3 is 2.57 bits per heavy atom. The zero-order valence-electron chi connectivity index (χ0n) is 19.7. The SMILES string of the molecule is CCOc1ccccc1-c1nc(CC(=O)NC(CC(=O)OC(C)C)c2ccccc2[N+](=O)[O-])cs1. The van der Waals surface area contributed by atoms with E-state index in [-0.39, 0.29) is 30.2 Å². The summed E-state index contributed by atoms with van der Waals surface area (Å²) >= 11 is 1.39. The van der Waals surface area contributed by atoms with E-state index < -0.39 is 22.8 Å². The minimum absolute atomic E-state index is 0.0519. The molecule has 1 heterocycles. The van der Waals surface area contributed by atoms with Gasteiger partial charge in [-0.15, -0.1) is 11.3 Å². The van der Waals surface area contributed by atoms with Gasteiger partial charge in [-0.1, -0.05) is 30.3 Å². The number of hydrogen-bond acceptors (Lipinski definition) is 8. The molecule has 0 saturated carbocycles. The maximum absolute atomic E-state index is 12.9. The van der Waals surface area contributed by atoms with Crippen LogP contribution in [0.1, 0.15) is 44.5 Å². The molecule has 1 amide bonds. The van der Waals surface area contributed by atoms with Crippen molar-refractivity contribution in [2.24, 2.45) is 0 Å². The number of amides is 1. The van der Waals surface area contributed by atoms with Gasteiger partial charge in [-0.05, 0) is 32.9 Å². The van der Waals surface area contributed by atoms with Crippen LogP contribution in [-0.4, -0.2) is 34.5 Å². The number of benzene rings is 2. The maximum Gasteiger partial charge on any atom is 0.308 e. The monoisotopic (exact) mass is 497 g/mol. The van der Waals surface area contributed by atoms with E-state index in [9.17, 15) is 19.7 Å². The molecular formula is C25H27N3O6S. The minimum Gasteiger partial charge on any atom is -0.493 e. The van der Waals surface area contributed by atoms with Crippen molar-refractivity contribution in [2.45, 2.75) is 45.8 Å². The Bertz CT molecular complexity index is 1190. The van der Waals surface area contributed by atoms with E-state index in [4.69, 9.17) is 9.47 Å². The van der Waals surface area contributed by atoms with Gasteiger partial charge in [0.25, 0.3) is 5.69 Å². The lowest BCUT2D eigenvalue weighted by Crippen LogP contribution is -2.32. The fourth-order valence-electron chi connectivity index (χ4n) is 3.51. The molecule has 184 valence electrons. The number of ether oxygens (including phenoxy) is 2. The first kappa shape index (κ1) is 25.8. The molecule has 35 heavy (non-hydrogen) atoms. The third-order valence-corrected chi connectivity index (χ3v) is 5.82. The molecule has 3 aromatic rings. The topological polar surface area (TPSA) is 121 Å². The van der Waals surface area contributed by atoms with Crippen LogP contribution < -0.4 is 10.1 Å². The molecule has 0 aliphatic rings. The molecular weight excluding hydrogens is 470 g/mol. The highest BCUT2D eigenvalue weighted by molar-refractivity contribution is 7.13. The molecule has 2 aromatic carbocycles. The van der Waals surface area contributed by atoms with Gasteiger partial charge in [0.15, 0.2) is 0 Å². The average Bonchev–Trinajstić information content (AvgIpc) is 3.26. The van der Waals surface area contributed by atoms with Crippen LogP contribution in [0.15, 0.2) is 53.9 Å². The molecule has 0 radical (unpaired) electrons. The van der Waals surface area contributed by atoms with Crippen LogP contribution in [0.5, 0.6) is 5.75 Å². The molecule has 1 aromatic heterocycles. The third-order valence-electron chi connectivity index (χ3n) is 4.89. The van der Waals surface area contributed by atoms with Gasteiger partial charge < -0.3 is 14.8 Å². The lowest BCUT2D eigenvalue weighted by molar-refractivity contribution is -0.385. The fraction of sp³-hybridized carbons (Fsp3) is 0.320. The van der Waals surface area contributed by atoms with Crippen LogP contribution in [0.3, 0.4) is 0 Å². The summed E-state index contributed by atoms with van der Waals surface area (Å²) < 4.78 is 10.9. The van der Waals surface area contributed by atoms with E-state index in [0.29, 0.717) is 23.1 Å². The Morgan fingerprint density at radius 1 is 1.14 bits per heavy atom. The van der Waals surface area contributed by atoms with Gasteiger partial charge in [0.05, 0.1) is 53.3 Å². The summed E-state index contributed by atoms with van der Waals surface area (Å²) in [5, 5.41) is 16.8. The molecule has 0 aliphatic heterocycles. The first-order valence-electron chi connectivity index (χ1n) is 11.2. The van der Waals surface area contributed by atoms with Gasteiger partial charge in [0.1, 0.15) is 10.8 Å². The summed E-state index contributed by atoms with van der Waals surface area (Å²) in [5.74, 6) is -0.271. The predicted octanol–water partition coefficient (Wildman–Crippen LogP) is 4.86. The van der Waals surface area contributed by atoms with Gasteiger partial charge in [0.2, 0.25) is 5.91 Å². The summed E-state index contributed by atoms with van der Waals surface area (Å²) in [5.41, 5.74) is 1.43.